The molecule has 1 aromatic carbocycles. The Morgan fingerprint density at radius 3 is 2.37 bits per heavy atom. The third kappa shape index (κ3) is 2.60. The summed E-state index contributed by atoms with van der Waals surface area (Å²) in [6.45, 7) is 0. The standard InChI is InChI=1S/C18H16O/c19-18-16(11-14-7-3-1-4-8-14)13-17(18)12-15-9-5-2-6-10-15/h1,3-12,19H,2,13H2/p-1. The Bertz CT molecular complexity index is 611. The molecule has 19 heavy (non-hydrogen) atoms. The molecule has 0 aromatic heterocycles. The van der Waals surface area contributed by atoms with Crippen molar-refractivity contribution < 1.29 is 5.11 Å². The summed E-state index contributed by atoms with van der Waals surface area (Å²) in [5, 5.41) is 12.0. The predicted molar refractivity (Wildman–Crippen MR) is 77.0 cm³/mol. The smallest absolute Gasteiger partial charge is 0.00373 e. The molecule has 0 radical (unpaired) electrons. The van der Waals surface area contributed by atoms with Crippen molar-refractivity contribution in [3.8, 4) is 0 Å². The molecular formula is C18H15O-. The fraction of sp³-hybridized carbons (Fsp3) is 0.111. The molecule has 0 unspecified atom stereocenters. The van der Waals surface area contributed by atoms with Crippen molar-refractivity contribution in [2.45, 2.75) is 12.8 Å². The zero-order valence-corrected chi connectivity index (χ0v) is 10.7. The van der Waals surface area contributed by atoms with E-state index in [0.717, 1.165) is 35.1 Å². The summed E-state index contributed by atoms with van der Waals surface area (Å²) in [5.74, 6) is 0.184. The van der Waals surface area contributed by atoms with Crippen LogP contribution in [0.3, 0.4) is 0 Å². The Kier molecular flexibility index (Phi) is 3.20. The first-order valence-corrected chi connectivity index (χ1v) is 6.54. The molecule has 0 N–H and O–H groups in total. The second-order valence-corrected chi connectivity index (χ2v) is 4.80. The van der Waals surface area contributed by atoms with Gasteiger partial charge in [0.25, 0.3) is 0 Å². The van der Waals surface area contributed by atoms with Crippen LogP contribution in [0.5, 0.6) is 0 Å². The number of hydrogen-bond acceptors (Lipinski definition) is 1. The molecule has 1 heteroatoms. The van der Waals surface area contributed by atoms with E-state index < -0.39 is 0 Å². The molecule has 94 valence electrons. The van der Waals surface area contributed by atoms with Crippen LogP contribution >= 0.6 is 0 Å². The topological polar surface area (TPSA) is 23.1 Å². The third-order valence-corrected chi connectivity index (χ3v) is 3.34. The van der Waals surface area contributed by atoms with Gasteiger partial charge in [-0.2, -0.15) is 0 Å². The van der Waals surface area contributed by atoms with Gasteiger partial charge in [-0.3, -0.25) is 0 Å². The molecule has 3 rings (SSSR count). The average Bonchev–Trinajstić information content (AvgIpc) is 2.48. The Hall–Kier alpha value is -2.28. The van der Waals surface area contributed by atoms with Crippen molar-refractivity contribution in [3.63, 3.8) is 0 Å². The van der Waals surface area contributed by atoms with Crippen molar-refractivity contribution >= 4 is 6.08 Å². The summed E-state index contributed by atoms with van der Waals surface area (Å²) in [5.41, 5.74) is 4.03. The van der Waals surface area contributed by atoms with Crippen molar-refractivity contribution in [3.05, 3.63) is 88.8 Å². The Balaban J connectivity index is 1.81. The molecule has 0 spiro atoms. The third-order valence-electron chi connectivity index (χ3n) is 3.34. The molecule has 0 atom stereocenters. The summed E-state index contributed by atoms with van der Waals surface area (Å²) >= 11 is 0. The highest BCUT2D eigenvalue weighted by Crippen LogP contribution is 2.33. The van der Waals surface area contributed by atoms with Crippen molar-refractivity contribution in [1.82, 2.24) is 0 Å². The summed E-state index contributed by atoms with van der Waals surface area (Å²) in [6, 6.07) is 9.99. The quantitative estimate of drug-likeness (QED) is 0.784. The Morgan fingerprint density at radius 2 is 1.68 bits per heavy atom. The highest BCUT2D eigenvalue weighted by molar-refractivity contribution is 5.65. The van der Waals surface area contributed by atoms with Crippen LogP contribution in [0.25, 0.3) is 6.08 Å². The van der Waals surface area contributed by atoms with E-state index in [4.69, 9.17) is 0 Å². The average molecular weight is 247 g/mol. The minimum atomic E-state index is 0.184. The van der Waals surface area contributed by atoms with Gasteiger partial charge >= 0.3 is 0 Å². The minimum Gasteiger partial charge on any atom is -0.872 e. The van der Waals surface area contributed by atoms with Crippen LogP contribution in [0, 0.1) is 0 Å². The Morgan fingerprint density at radius 1 is 0.947 bits per heavy atom. The van der Waals surface area contributed by atoms with Gasteiger partial charge in [0.15, 0.2) is 0 Å². The maximum atomic E-state index is 12.0. The van der Waals surface area contributed by atoms with E-state index in [1.165, 1.54) is 0 Å². The molecular weight excluding hydrogens is 232 g/mol. The van der Waals surface area contributed by atoms with E-state index in [1.807, 2.05) is 42.5 Å². The summed E-state index contributed by atoms with van der Waals surface area (Å²) in [7, 11) is 0. The maximum absolute atomic E-state index is 12.0. The Labute approximate surface area is 113 Å². The first-order chi connectivity index (χ1) is 9.33. The van der Waals surface area contributed by atoms with E-state index in [-0.39, 0.29) is 5.76 Å². The second kappa shape index (κ2) is 5.15. The summed E-state index contributed by atoms with van der Waals surface area (Å²) < 4.78 is 0. The van der Waals surface area contributed by atoms with Crippen LogP contribution in [-0.2, 0) is 0 Å². The van der Waals surface area contributed by atoms with E-state index in [2.05, 4.69) is 24.3 Å². The molecule has 0 aliphatic heterocycles. The SMILES string of the molecule is [O-]C1=C(C=C2C=CCC=C2)CC1=Cc1ccccc1. The highest BCUT2D eigenvalue weighted by Gasteiger charge is 2.13. The molecule has 2 aliphatic rings. The predicted octanol–water partition coefficient (Wildman–Crippen LogP) is 3.53. The highest BCUT2D eigenvalue weighted by atomic mass is 16.3. The van der Waals surface area contributed by atoms with Crippen LogP contribution < -0.4 is 5.11 Å². The van der Waals surface area contributed by atoms with Crippen molar-refractivity contribution in [2.75, 3.05) is 0 Å². The van der Waals surface area contributed by atoms with E-state index >= 15 is 0 Å². The first-order valence-electron chi connectivity index (χ1n) is 6.54. The van der Waals surface area contributed by atoms with Crippen LogP contribution in [0.15, 0.2) is 83.2 Å². The van der Waals surface area contributed by atoms with Crippen LogP contribution in [0.4, 0.5) is 0 Å². The van der Waals surface area contributed by atoms with Gasteiger partial charge in [-0.05, 0) is 24.0 Å². The van der Waals surface area contributed by atoms with Crippen LogP contribution in [-0.4, -0.2) is 0 Å². The van der Waals surface area contributed by atoms with Gasteiger partial charge in [0.2, 0.25) is 0 Å². The van der Waals surface area contributed by atoms with Crippen molar-refractivity contribution in [2.24, 2.45) is 0 Å². The van der Waals surface area contributed by atoms with Gasteiger partial charge in [-0.25, -0.2) is 0 Å². The second-order valence-electron chi connectivity index (χ2n) is 4.80. The lowest BCUT2D eigenvalue weighted by Gasteiger charge is -2.31. The zero-order chi connectivity index (χ0) is 13.1. The normalized spacial score (nSPS) is 19.8. The van der Waals surface area contributed by atoms with Gasteiger partial charge in [0.1, 0.15) is 0 Å². The molecule has 0 bridgehead atoms. The van der Waals surface area contributed by atoms with Gasteiger partial charge in [0.05, 0.1) is 0 Å². The fourth-order valence-electron chi connectivity index (χ4n) is 2.29. The zero-order valence-electron chi connectivity index (χ0n) is 10.7. The van der Waals surface area contributed by atoms with Crippen LogP contribution in [0.2, 0.25) is 0 Å². The largest absolute Gasteiger partial charge is 0.872 e. The van der Waals surface area contributed by atoms with E-state index in [0.29, 0.717) is 0 Å². The number of hydrogen-bond donors (Lipinski definition) is 0. The lowest BCUT2D eigenvalue weighted by molar-refractivity contribution is -0.302. The lowest BCUT2D eigenvalue weighted by Crippen LogP contribution is -2.18. The molecule has 1 aromatic rings. The van der Waals surface area contributed by atoms with Crippen LogP contribution in [0.1, 0.15) is 18.4 Å². The van der Waals surface area contributed by atoms with Gasteiger partial charge in [0, 0.05) is 0 Å². The van der Waals surface area contributed by atoms with Crippen molar-refractivity contribution in [1.29, 1.82) is 0 Å². The lowest BCUT2D eigenvalue weighted by atomic mass is 9.87. The van der Waals surface area contributed by atoms with E-state index in [9.17, 15) is 5.11 Å². The number of rotatable bonds is 2. The van der Waals surface area contributed by atoms with Gasteiger partial charge in [-0.15, -0.1) is 5.76 Å². The molecule has 0 amide bonds. The minimum absolute atomic E-state index is 0.184. The number of benzene rings is 1. The molecule has 2 aliphatic carbocycles. The fourth-order valence-corrected chi connectivity index (χ4v) is 2.29. The first kappa shape index (κ1) is 11.8. The monoisotopic (exact) mass is 247 g/mol. The molecule has 0 fully saturated rings. The molecule has 0 saturated heterocycles. The summed E-state index contributed by atoms with van der Waals surface area (Å²) in [6.07, 6.45) is 14.1. The van der Waals surface area contributed by atoms with Gasteiger partial charge < -0.3 is 5.11 Å². The molecule has 1 nitrogen and oxygen atoms in total. The molecule has 0 saturated carbocycles. The maximum Gasteiger partial charge on any atom is -0.00373 e. The van der Waals surface area contributed by atoms with Gasteiger partial charge in [-0.1, -0.05) is 77.9 Å². The number of allylic oxidation sites excluding steroid dienone is 8. The molecule has 0 heterocycles. The summed E-state index contributed by atoms with van der Waals surface area (Å²) in [4.78, 5) is 0. The van der Waals surface area contributed by atoms with E-state index in [1.54, 1.807) is 0 Å².